The summed E-state index contributed by atoms with van der Waals surface area (Å²) in [4.78, 5) is 3.59. The fourth-order valence-electron chi connectivity index (χ4n) is 1.79. The van der Waals surface area contributed by atoms with E-state index in [9.17, 15) is 13.2 Å². The van der Waals surface area contributed by atoms with Crippen LogP contribution in [-0.2, 0) is 17.5 Å². The fourth-order valence-corrected chi connectivity index (χ4v) is 1.79. The first kappa shape index (κ1) is 12.6. The third-order valence-corrected chi connectivity index (χ3v) is 2.60. The summed E-state index contributed by atoms with van der Waals surface area (Å²) in [5.74, 6) is 0.0796. The zero-order valence-electron chi connectivity index (χ0n) is 9.58. The van der Waals surface area contributed by atoms with Crippen molar-refractivity contribution in [2.75, 3.05) is 12.8 Å². The van der Waals surface area contributed by atoms with Gasteiger partial charge in [0.1, 0.15) is 5.82 Å². The predicted octanol–water partition coefficient (Wildman–Crippen LogP) is 2.98. The number of nitrogens with two attached hydrogens (primary N) is 1. The molecule has 0 aliphatic carbocycles. The minimum absolute atomic E-state index is 0.0508. The lowest BCUT2D eigenvalue weighted by molar-refractivity contribution is -0.136. The molecule has 0 aliphatic heterocycles. The molecule has 0 atom stereocenters. The van der Waals surface area contributed by atoms with Crippen molar-refractivity contribution in [3.05, 3.63) is 35.5 Å². The Balaban J connectivity index is 2.68. The Bertz CT molecular complexity index is 581. The number of rotatable bonds is 2. The predicted molar refractivity (Wildman–Crippen MR) is 61.9 cm³/mol. The molecule has 0 saturated carbocycles. The summed E-state index contributed by atoms with van der Waals surface area (Å²) in [7, 11) is 1.51. The first-order valence-electron chi connectivity index (χ1n) is 5.16. The molecule has 0 amide bonds. The molecule has 0 fully saturated rings. The number of aromatic nitrogens is 1. The highest BCUT2D eigenvalue weighted by atomic mass is 19.4. The third-order valence-electron chi connectivity index (χ3n) is 2.60. The number of anilines is 1. The summed E-state index contributed by atoms with van der Waals surface area (Å²) >= 11 is 0. The van der Waals surface area contributed by atoms with Crippen molar-refractivity contribution in [2.45, 2.75) is 12.8 Å². The summed E-state index contributed by atoms with van der Waals surface area (Å²) in [6.45, 7) is 0.311. The number of ether oxygens (including phenoxy) is 1. The van der Waals surface area contributed by atoms with Crippen molar-refractivity contribution in [3.63, 3.8) is 0 Å². The lowest BCUT2D eigenvalue weighted by Crippen LogP contribution is -2.08. The van der Waals surface area contributed by atoms with E-state index in [2.05, 4.69) is 4.98 Å². The van der Waals surface area contributed by atoms with Crippen LogP contribution in [0.2, 0.25) is 0 Å². The van der Waals surface area contributed by atoms with E-state index in [0.717, 1.165) is 11.8 Å². The van der Waals surface area contributed by atoms with Crippen LogP contribution in [0.25, 0.3) is 10.8 Å². The summed E-state index contributed by atoms with van der Waals surface area (Å²) in [6, 6.07) is 4.54. The molecule has 1 heterocycles. The number of hydrogen-bond acceptors (Lipinski definition) is 3. The van der Waals surface area contributed by atoms with Crippen LogP contribution >= 0.6 is 0 Å². The molecule has 2 N–H and O–H groups in total. The van der Waals surface area contributed by atoms with Crippen LogP contribution in [0.15, 0.2) is 24.4 Å². The minimum atomic E-state index is -4.44. The quantitative estimate of drug-likeness (QED) is 0.898. The number of halogens is 3. The number of nitrogens with zero attached hydrogens (tertiary/aromatic N) is 1. The van der Waals surface area contributed by atoms with Gasteiger partial charge < -0.3 is 10.5 Å². The topological polar surface area (TPSA) is 48.1 Å². The maximum absolute atomic E-state index is 12.8. The van der Waals surface area contributed by atoms with E-state index in [4.69, 9.17) is 10.5 Å². The van der Waals surface area contributed by atoms with Gasteiger partial charge in [-0.2, -0.15) is 13.2 Å². The molecule has 18 heavy (non-hydrogen) atoms. The number of methoxy groups -OCH3 is 1. The van der Waals surface area contributed by atoms with E-state index >= 15 is 0 Å². The molecule has 0 spiro atoms. The summed E-state index contributed by atoms with van der Waals surface area (Å²) in [5.41, 5.74) is 5.58. The van der Waals surface area contributed by atoms with Crippen LogP contribution in [0.5, 0.6) is 0 Å². The smallest absolute Gasteiger partial charge is 0.383 e. The molecule has 6 heteroatoms. The number of fused-ring (bicyclic) bond motifs is 1. The van der Waals surface area contributed by atoms with Gasteiger partial charge in [0.05, 0.1) is 12.2 Å². The van der Waals surface area contributed by atoms with Crippen molar-refractivity contribution in [1.82, 2.24) is 4.98 Å². The zero-order valence-corrected chi connectivity index (χ0v) is 9.58. The van der Waals surface area contributed by atoms with Crippen LogP contribution in [0, 0.1) is 0 Å². The van der Waals surface area contributed by atoms with E-state index in [-0.39, 0.29) is 11.2 Å². The van der Waals surface area contributed by atoms with Gasteiger partial charge in [0.2, 0.25) is 0 Å². The number of pyridine rings is 1. The molecule has 0 radical (unpaired) electrons. The van der Waals surface area contributed by atoms with Crippen LogP contribution < -0.4 is 5.73 Å². The molecule has 96 valence electrons. The molecule has 2 rings (SSSR count). The second kappa shape index (κ2) is 4.45. The first-order valence-corrected chi connectivity index (χ1v) is 5.16. The van der Waals surface area contributed by atoms with Gasteiger partial charge in [-0.1, -0.05) is 12.1 Å². The van der Waals surface area contributed by atoms with E-state index in [1.54, 1.807) is 12.1 Å². The van der Waals surface area contributed by atoms with Gasteiger partial charge in [0.25, 0.3) is 0 Å². The summed E-state index contributed by atoms with van der Waals surface area (Å²) in [5, 5.41) is 0.342. The second-order valence-corrected chi connectivity index (χ2v) is 3.87. The maximum Gasteiger partial charge on any atom is 0.418 e. The van der Waals surface area contributed by atoms with E-state index in [1.807, 2.05) is 0 Å². The van der Waals surface area contributed by atoms with Crippen molar-refractivity contribution in [3.8, 4) is 0 Å². The molecule has 2 aromatic rings. The van der Waals surface area contributed by atoms with Crippen molar-refractivity contribution >= 4 is 16.6 Å². The van der Waals surface area contributed by atoms with Gasteiger partial charge in [-0.25, -0.2) is 4.98 Å². The maximum atomic E-state index is 12.8. The Morgan fingerprint density at radius 2 is 2.00 bits per heavy atom. The number of hydrogen-bond donors (Lipinski definition) is 1. The third kappa shape index (κ3) is 2.24. The van der Waals surface area contributed by atoms with Gasteiger partial charge in [-0.05, 0) is 17.0 Å². The molecule has 1 aromatic carbocycles. The number of alkyl halides is 3. The van der Waals surface area contributed by atoms with Gasteiger partial charge in [-0.3, -0.25) is 0 Å². The molecule has 0 saturated heterocycles. The zero-order chi connectivity index (χ0) is 13.3. The van der Waals surface area contributed by atoms with E-state index < -0.39 is 11.7 Å². The summed E-state index contributed by atoms with van der Waals surface area (Å²) in [6.07, 6.45) is -3.69. The normalized spacial score (nSPS) is 12.0. The average Bonchev–Trinajstić information content (AvgIpc) is 2.29. The molecule has 0 bridgehead atoms. The van der Waals surface area contributed by atoms with E-state index in [0.29, 0.717) is 12.0 Å². The fraction of sp³-hybridized carbons (Fsp3) is 0.250. The molecule has 1 aromatic heterocycles. The Kier molecular flexibility index (Phi) is 3.13. The Morgan fingerprint density at radius 3 is 2.61 bits per heavy atom. The van der Waals surface area contributed by atoms with E-state index in [1.165, 1.54) is 13.2 Å². The Hall–Kier alpha value is -1.82. The SMILES string of the molecule is COCc1ccc2c(C(F)(F)F)cnc(N)c2c1. The molecule has 0 unspecified atom stereocenters. The van der Waals surface area contributed by atoms with Gasteiger partial charge in [0, 0.05) is 18.7 Å². The van der Waals surface area contributed by atoms with Crippen LogP contribution in [-0.4, -0.2) is 12.1 Å². The monoisotopic (exact) mass is 256 g/mol. The molecule has 3 nitrogen and oxygen atoms in total. The highest BCUT2D eigenvalue weighted by Gasteiger charge is 2.33. The standard InChI is InChI=1S/C12H11F3N2O/c1-18-6-7-2-3-8-9(4-7)11(16)17-5-10(8)12(13,14)15/h2-5H,6H2,1H3,(H2,16,17). The highest BCUT2D eigenvalue weighted by molar-refractivity contribution is 5.93. The van der Waals surface area contributed by atoms with Crippen molar-refractivity contribution in [2.24, 2.45) is 0 Å². The van der Waals surface area contributed by atoms with Crippen molar-refractivity contribution in [1.29, 1.82) is 0 Å². The lowest BCUT2D eigenvalue weighted by atomic mass is 10.0. The van der Waals surface area contributed by atoms with Crippen LogP contribution in [0.3, 0.4) is 0 Å². The average molecular weight is 256 g/mol. The van der Waals surface area contributed by atoms with Crippen LogP contribution in [0.1, 0.15) is 11.1 Å². The number of nitrogen functional groups attached to an aromatic ring is 1. The Morgan fingerprint density at radius 1 is 1.28 bits per heavy atom. The summed E-state index contributed by atoms with van der Waals surface area (Å²) < 4.78 is 43.3. The molecule has 0 aliphatic rings. The van der Waals surface area contributed by atoms with Gasteiger partial charge in [-0.15, -0.1) is 0 Å². The minimum Gasteiger partial charge on any atom is -0.383 e. The molecular weight excluding hydrogens is 245 g/mol. The molecular formula is C12H11F3N2O. The van der Waals surface area contributed by atoms with Gasteiger partial charge in [0.15, 0.2) is 0 Å². The number of benzene rings is 1. The Labute approximate surface area is 101 Å². The second-order valence-electron chi connectivity index (χ2n) is 3.87. The first-order chi connectivity index (χ1) is 8.43. The highest BCUT2D eigenvalue weighted by Crippen LogP contribution is 2.36. The van der Waals surface area contributed by atoms with Gasteiger partial charge >= 0.3 is 6.18 Å². The lowest BCUT2D eigenvalue weighted by Gasteiger charge is -2.12. The van der Waals surface area contributed by atoms with Crippen LogP contribution in [0.4, 0.5) is 19.0 Å². The van der Waals surface area contributed by atoms with Crippen molar-refractivity contribution < 1.29 is 17.9 Å². The largest absolute Gasteiger partial charge is 0.418 e.